The van der Waals surface area contributed by atoms with Gasteiger partial charge in [0, 0.05) is 25.3 Å². The Morgan fingerprint density at radius 2 is 1.80 bits per heavy atom. The molecule has 2 heterocycles. The number of aryl methyl sites for hydroxylation is 1. The Kier molecular flexibility index (Phi) is 12.1. The summed E-state index contributed by atoms with van der Waals surface area (Å²) in [7, 11) is -4.02. The molecule has 0 bridgehead atoms. The lowest BCUT2D eigenvalue weighted by Gasteiger charge is -2.29. The molecule has 2 aliphatic heterocycles. The first kappa shape index (κ1) is 31.7. The van der Waals surface area contributed by atoms with Crippen LogP contribution in [0.4, 0.5) is 5.69 Å². The first-order valence-corrected chi connectivity index (χ1v) is 15.1. The van der Waals surface area contributed by atoms with Crippen LogP contribution in [0.25, 0.3) is 0 Å². The van der Waals surface area contributed by atoms with Crippen molar-refractivity contribution >= 4 is 27.7 Å². The van der Waals surface area contributed by atoms with Crippen molar-refractivity contribution < 1.29 is 32.0 Å². The Morgan fingerprint density at radius 1 is 1.10 bits per heavy atom. The van der Waals surface area contributed by atoms with E-state index in [1.807, 2.05) is 32.9 Å². The number of anilines is 1. The van der Waals surface area contributed by atoms with Crippen molar-refractivity contribution in [2.24, 2.45) is 0 Å². The fourth-order valence-corrected chi connectivity index (χ4v) is 5.00. The SMILES string of the molecule is CC(C)OC(=O)CCN1CCc2ccc(NC(=O)COC3CCNCC3)cc2C1.Cc1ccc(S(=O)(=O)O)cc1. The lowest BCUT2D eigenvalue weighted by Crippen LogP contribution is -2.34. The van der Waals surface area contributed by atoms with Crippen molar-refractivity contribution in [1.82, 2.24) is 10.2 Å². The third-order valence-electron chi connectivity index (χ3n) is 6.64. The fraction of sp³-hybridized carbons (Fsp3) is 0.517. The zero-order chi connectivity index (χ0) is 29.1. The molecule has 4 rings (SSSR count). The summed E-state index contributed by atoms with van der Waals surface area (Å²) in [4.78, 5) is 26.2. The number of carbonyl (C=O) groups is 2. The zero-order valence-electron chi connectivity index (χ0n) is 23.5. The van der Waals surface area contributed by atoms with Crippen LogP contribution in [0.2, 0.25) is 0 Å². The van der Waals surface area contributed by atoms with Crippen LogP contribution in [0.5, 0.6) is 0 Å². The molecule has 0 aliphatic carbocycles. The molecule has 2 aromatic carbocycles. The Bertz CT molecular complexity index is 1230. The smallest absolute Gasteiger partial charge is 0.307 e. The molecule has 1 amide bonds. The van der Waals surface area contributed by atoms with Gasteiger partial charge in [0.1, 0.15) is 6.61 Å². The second-order valence-electron chi connectivity index (χ2n) is 10.4. The monoisotopic (exact) mass is 575 g/mol. The van der Waals surface area contributed by atoms with E-state index in [1.165, 1.54) is 23.3 Å². The van der Waals surface area contributed by atoms with Crippen molar-refractivity contribution in [3.8, 4) is 0 Å². The lowest BCUT2D eigenvalue weighted by molar-refractivity contribution is -0.147. The van der Waals surface area contributed by atoms with E-state index in [0.29, 0.717) is 13.0 Å². The Morgan fingerprint density at radius 3 is 2.45 bits per heavy atom. The van der Waals surface area contributed by atoms with Crippen LogP contribution in [-0.2, 0) is 42.1 Å². The van der Waals surface area contributed by atoms with E-state index >= 15 is 0 Å². The summed E-state index contributed by atoms with van der Waals surface area (Å²) in [6.45, 7) is 9.94. The molecule has 11 heteroatoms. The van der Waals surface area contributed by atoms with Gasteiger partial charge in [0.15, 0.2) is 0 Å². The molecule has 2 aliphatic rings. The van der Waals surface area contributed by atoms with Crippen molar-refractivity contribution in [2.75, 3.05) is 38.1 Å². The molecule has 10 nitrogen and oxygen atoms in total. The van der Waals surface area contributed by atoms with Crippen molar-refractivity contribution in [2.45, 2.75) is 70.1 Å². The second-order valence-corrected chi connectivity index (χ2v) is 11.8. The van der Waals surface area contributed by atoms with Gasteiger partial charge in [-0.2, -0.15) is 8.42 Å². The summed E-state index contributed by atoms with van der Waals surface area (Å²) in [5.74, 6) is -0.270. The van der Waals surface area contributed by atoms with Crippen LogP contribution in [0.15, 0.2) is 47.4 Å². The number of piperidine rings is 1. The van der Waals surface area contributed by atoms with Crippen LogP contribution in [0.1, 0.15) is 49.8 Å². The molecule has 0 aromatic heterocycles. The van der Waals surface area contributed by atoms with Gasteiger partial charge in [0.2, 0.25) is 5.91 Å². The highest BCUT2D eigenvalue weighted by Crippen LogP contribution is 2.23. The molecule has 3 N–H and O–H groups in total. The molecule has 1 fully saturated rings. The fourth-order valence-electron chi connectivity index (χ4n) is 4.52. The summed E-state index contributed by atoms with van der Waals surface area (Å²) in [6, 6.07) is 12.1. The lowest BCUT2D eigenvalue weighted by atomic mass is 9.99. The van der Waals surface area contributed by atoms with Crippen molar-refractivity contribution in [1.29, 1.82) is 0 Å². The second kappa shape index (κ2) is 15.2. The number of benzene rings is 2. The molecule has 0 spiro atoms. The van der Waals surface area contributed by atoms with Crippen LogP contribution in [0.3, 0.4) is 0 Å². The van der Waals surface area contributed by atoms with Gasteiger partial charge >= 0.3 is 5.97 Å². The van der Waals surface area contributed by atoms with E-state index in [0.717, 1.165) is 56.7 Å². The molecule has 220 valence electrons. The third kappa shape index (κ3) is 11.0. The van der Waals surface area contributed by atoms with E-state index in [2.05, 4.69) is 21.6 Å². The Hall–Kier alpha value is -2.83. The maximum absolute atomic E-state index is 12.2. The van der Waals surface area contributed by atoms with E-state index in [9.17, 15) is 18.0 Å². The number of nitrogens with zero attached hydrogens (tertiary/aromatic N) is 1. The molecular formula is C29H41N3O7S. The molecule has 0 saturated carbocycles. The number of rotatable bonds is 9. The van der Waals surface area contributed by atoms with Crippen LogP contribution in [-0.4, -0.2) is 74.7 Å². The van der Waals surface area contributed by atoms with Gasteiger partial charge in [-0.25, -0.2) is 0 Å². The Balaban J connectivity index is 0.000000336. The van der Waals surface area contributed by atoms with Gasteiger partial charge in [-0.3, -0.25) is 19.0 Å². The standard InChI is InChI=1S/C22H33N3O4.C7H8O3S/c1-16(2)29-22(27)8-12-25-11-7-17-3-4-19(13-18(17)14-25)24-21(26)15-28-20-5-9-23-10-6-20;1-6-2-4-7(5-3-6)11(8,9)10/h3-4,13,16,20,23H,5-12,14-15H2,1-2H3,(H,24,26);2-5H,1H3,(H,8,9,10). The average molecular weight is 576 g/mol. The van der Waals surface area contributed by atoms with Gasteiger partial charge in [0.05, 0.1) is 23.5 Å². The first-order chi connectivity index (χ1) is 19.0. The van der Waals surface area contributed by atoms with E-state index < -0.39 is 10.1 Å². The van der Waals surface area contributed by atoms with E-state index in [-0.39, 0.29) is 35.6 Å². The van der Waals surface area contributed by atoms with Gasteiger partial charge in [-0.15, -0.1) is 0 Å². The molecule has 2 aromatic rings. The highest BCUT2D eigenvalue weighted by molar-refractivity contribution is 7.85. The van der Waals surface area contributed by atoms with E-state index in [4.69, 9.17) is 14.0 Å². The van der Waals surface area contributed by atoms with Crippen LogP contribution < -0.4 is 10.6 Å². The van der Waals surface area contributed by atoms with Crippen molar-refractivity contribution in [3.63, 3.8) is 0 Å². The first-order valence-electron chi connectivity index (χ1n) is 13.7. The van der Waals surface area contributed by atoms with Crippen LogP contribution >= 0.6 is 0 Å². The highest BCUT2D eigenvalue weighted by Gasteiger charge is 2.19. The van der Waals surface area contributed by atoms with Gasteiger partial charge in [0.25, 0.3) is 10.1 Å². The predicted molar refractivity (Wildman–Crippen MR) is 153 cm³/mol. The Labute approximate surface area is 237 Å². The van der Waals surface area contributed by atoms with E-state index in [1.54, 1.807) is 12.1 Å². The molecular weight excluding hydrogens is 534 g/mol. The topological polar surface area (TPSA) is 134 Å². The predicted octanol–water partition coefficient (Wildman–Crippen LogP) is 3.34. The maximum atomic E-state index is 12.2. The molecule has 40 heavy (non-hydrogen) atoms. The van der Waals surface area contributed by atoms with Gasteiger partial charge < -0.3 is 20.1 Å². The summed E-state index contributed by atoms with van der Waals surface area (Å²) in [6.07, 6.45) is 3.34. The van der Waals surface area contributed by atoms with Gasteiger partial charge in [-0.1, -0.05) is 23.8 Å². The minimum absolute atomic E-state index is 0.0666. The minimum Gasteiger partial charge on any atom is -0.463 e. The summed E-state index contributed by atoms with van der Waals surface area (Å²) in [5, 5.41) is 6.23. The number of nitrogens with one attached hydrogen (secondary N) is 2. The zero-order valence-corrected chi connectivity index (χ0v) is 24.3. The summed E-state index contributed by atoms with van der Waals surface area (Å²) in [5.41, 5.74) is 4.25. The number of esters is 1. The van der Waals surface area contributed by atoms with Crippen molar-refractivity contribution in [3.05, 3.63) is 59.2 Å². The number of ether oxygens (including phenoxy) is 2. The highest BCUT2D eigenvalue weighted by atomic mass is 32.2. The number of fused-ring (bicyclic) bond motifs is 1. The number of hydrogen-bond donors (Lipinski definition) is 3. The maximum Gasteiger partial charge on any atom is 0.307 e. The summed E-state index contributed by atoms with van der Waals surface area (Å²) >= 11 is 0. The quantitative estimate of drug-likeness (QED) is 0.304. The minimum atomic E-state index is -4.02. The average Bonchev–Trinajstić information content (AvgIpc) is 2.91. The third-order valence-corrected chi connectivity index (χ3v) is 7.50. The number of carbonyl (C=O) groups excluding carboxylic acids is 2. The number of amides is 1. The summed E-state index contributed by atoms with van der Waals surface area (Å²) < 4.78 is 40.5. The van der Waals surface area contributed by atoms with Gasteiger partial charge in [-0.05, 0) is 88.5 Å². The normalized spacial score (nSPS) is 16.0. The number of hydrogen-bond acceptors (Lipinski definition) is 8. The molecule has 1 saturated heterocycles. The van der Waals surface area contributed by atoms with Crippen LogP contribution in [0, 0.1) is 6.92 Å². The largest absolute Gasteiger partial charge is 0.463 e. The molecule has 0 unspecified atom stereocenters. The molecule has 0 radical (unpaired) electrons. The molecule has 0 atom stereocenters.